The molecule has 0 aromatic heterocycles. The van der Waals surface area contributed by atoms with Crippen molar-refractivity contribution in [1.29, 1.82) is 0 Å². The SMILES string of the molecule is CCCCCCCCCCCCCCCCCCCCCCCCCCCCCC/C=C/C(O)C(COP(=O)(O)OCC[N+](C)(C)C)NC(=O)CCCCCCCCCCCCCCCCCCCCCCC. The van der Waals surface area contributed by atoms with Gasteiger partial charge in [-0.3, -0.25) is 13.8 Å². The van der Waals surface area contributed by atoms with E-state index in [1.54, 1.807) is 6.08 Å². The van der Waals surface area contributed by atoms with Crippen molar-refractivity contribution in [3.05, 3.63) is 12.2 Å². The van der Waals surface area contributed by atoms with Gasteiger partial charge in [0.15, 0.2) is 0 Å². The first-order valence-electron chi connectivity index (χ1n) is 32.6. The summed E-state index contributed by atoms with van der Waals surface area (Å²) in [4.78, 5) is 23.4. The summed E-state index contributed by atoms with van der Waals surface area (Å²) in [6.07, 6.45) is 70.5. The molecule has 8 nitrogen and oxygen atoms in total. The van der Waals surface area contributed by atoms with Crippen LogP contribution in [0.2, 0.25) is 0 Å². The van der Waals surface area contributed by atoms with E-state index in [1.165, 1.54) is 289 Å². The van der Waals surface area contributed by atoms with Gasteiger partial charge < -0.3 is 19.8 Å². The first-order valence-corrected chi connectivity index (χ1v) is 34.1. The highest BCUT2D eigenvalue weighted by Gasteiger charge is 2.28. The highest BCUT2D eigenvalue weighted by atomic mass is 31.2. The Morgan fingerprint density at radius 1 is 0.452 bits per heavy atom. The Morgan fingerprint density at radius 3 is 1.01 bits per heavy atom. The number of hydrogen-bond acceptors (Lipinski definition) is 5. The van der Waals surface area contributed by atoms with Gasteiger partial charge in [0.25, 0.3) is 0 Å². The largest absolute Gasteiger partial charge is 0.472 e. The molecular weight excluding hydrogens is 924 g/mol. The third-order valence-electron chi connectivity index (χ3n) is 15.3. The fourth-order valence-corrected chi connectivity index (χ4v) is 10.9. The molecule has 436 valence electrons. The van der Waals surface area contributed by atoms with Crippen LogP contribution in [0.3, 0.4) is 0 Å². The van der Waals surface area contributed by atoms with Crippen LogP contribution in [0, 0.1) is 0 Å². The number of rotatable bonds is 61. The second kappa shape index (κ2) is 56.0. The smallest absolute Gasteiger partial charge is 0.387 e. The van der Waals surface area contributed by atoms with Crippen LogP contribution in [-0.4, -0.2) is 73.4 Å². The van der Waals surface area contributed by atoms with Gasteiger partial charge in [-0.25, -0.2) is 4.57 Å². The molecule has 0 bridgehead atoms. The van der Waals surface area contributed by atoms with Gasteiger partial charge in [0.2, 0.25) is 5.91 Å². The van der Waals surface area contributed by atoms with Gasteiger partial charge in [0.1, 0.15) is 13.2 Å². The number of allylic oxidation sites excluding steroid dienone is 1. The van der Waals surface area contributed by atoms with Crippen molar-refractivity contribution in [2.75, 3.05) is 40.9 Å². The van der Waals surface area contributed by atoms with Gasteiger partial charge in [-0.05, 0) is 19.3 Å². The summed E-state index contributed by atoms with van der Waals surface area (Å²) in [5.41, 5.74) is 0. The summed E-state index contributed by atoms with van der Waals surface area (Å²) in [6, 6.07) is -0.843. The summed E-state index contributed by atoms with van der Waals surface area (Å²) in [6.45, 7) is 4.88. The van der Waals surface area contributed by atoms with Gasteiger partial charge in [-0.1, -0.05) is 328 Å². The number of unbranched alkanes of at least 4 members (excludes halogenated alkanes) is 48. The average Bonchev–Trinajstić information content (AvgIpc) is 3.35. The zero-order chi connectivity index (χ0) is 53.5. The molecule has 73 heavy (non-hydrogen) atoms. The molecule has 1 amide bonds. The lowest BCUT2D eigenvalue weighted by Crippen LogP contribution is -2.45. The third-order valence-corrected chi connectivity index (χ3v) is 16.2. The van der Waals surface area contributed by atoms with Gasteiger partial charge in [0, 0.05) is 6.42 Å². The molecule has 0 aromatic carbocycles. The molecule has 0 spiro atoms. The number of aliphatic hydroxyl groups is 1. The fraction of sp³-hybridized carbons (Fsp3) is 0.953. The second-order valence-electron chi connectivity index (χ2n) is 23.9. The van der Waals surface area contributed by atoms with E-state index >= 15 is 0 Å². The predicted molar refractivity (Wildman–Crippen MR) is 319 cm³/mol. The van der Waals surface area contributed by atoms with E-state index in [9.17, 15) is 19.4 Å². The number of phosphoric acid groups is 1. The van der Waals surface area contributed by atoms with E-state index in [1.807, 2.05) is 27.2 Å². The molecule has 0 aliphatic rings. The number of likely N-dealkylation sites (N-methyl/N-ethyl adjacent to an activating group) is 1. The number of phosphoric ester groups is 1. The van der Waals surface area contributed by atoms with Crippen LogP contribution in [0.25, 0.3) is 0 Å². The fourth-order valence-electron chi connectivity index (χ4n) is 10.2. The first-order chi connectivity index (χ1) is 35.5. The molecular formula is C64H130N2O6P+. The quantitative estimate of drug-likeness (QED) is 0.0243. The first kappa shape index (κ1) is 72.2. The van der Waals surface area contributed by atoms with Crippen LogP contribution in [0.1, 0.15) is 341 Å². The maximum absolute atomic E-state index is 13.0. The van der Waals surface area contributed by atoms with Crippen molar-refractivity contribution in [2.45, 2.75) is 353 Å². The molecule has 0 saturated heterocycles. The summed E-state index contributed by atoms with van der Waals surface area (Å²) in [7, 11) is 1.59. The van der Waals surface area contributed by atoms with Crippen molar-refractivity contribution in [1.82, 2.24) is 5.32 Å². The molecule has 3 N–H and O–H groups in total. The molecule has 0 aliphatic heterocycles. The lowest BCUT2D eigenvalue weighted by Gasteiger charge is -2.25. The predicted octanol–water partition coefficient (Wildman–Crippen LogP) is 20.2. The van der Waals surface area contributed by atoms with E-state index in [0.29, 0.717) is 17.4 Å². The van der Waals surface area contributed by atoms with Crippen molar-refractivity contribution in [3.8, 4) is 0 Å². The molecule has 0 aromatic rings. The van der Waals surface area contributed by atoms with E-state index in [4.69, 9.17) is 9.05 Å². The molecule has 3 unspecified atom stereocenters. The summed E-state index contributed by atoms with van der Waals surface area (Å²) in [5.74, 6) is -0.168. The van der Waals surface area contributed by atoms with Gasteiger partial charge in [0.05, 0.1) is 39.9 Å². The molecule has 9 heteroatoms. The minimum Gasteiger partial charge on any atom is -0.387 e. The van der Waals surface area contributed by atoms with Crippen LogP contribution in [0.5, 0.6) is 0 Å². The van der Waals surface area contributed by atoms with E-state index in [2.05, 4.69) is 19.2 Å². The Morgan fingerprint density at radius 2 is 0.726 bits per heavy atom. The zero-order valence-electron chi connectivity index (χ0n) is 49.9. The summed E-state index contributed by atoms with van der Waals surface area (Å²) in [5, 5.41) is 14.0. The number of aliphatic hydroxyl groups excluding tert-OH is 1. The van der Waals surface area contributed by atoms with Crippen LogP contribution in [0.4, 0.5) is 0 Å². The Bertz CT molecular complexity index is 1200. The van der Waals surface area contributed by atoms with Crippen molar-refractivity contribution in [3.63, 3.8) is 0 Å². The average molecular weight is 1050 g/mol. The van der Waals surface area contributed by atoms with E-state index in [-0.39, 0.29) is 19.1 Å². The number of quaternary nitrogens is 1. The molecule has 0 radical (unpaired) electrons. The number of nitrogens with one attached hydrogen (secondary N) is 1. The maximum atomic E-state index is 13.0. The molecule has 0 heterocycles. The Hall–Kier alpha value is -0.760. The van der Waals surface area contributed by atoms with E-state index in [0.717, 1.165) is 32.1 Å². The minimum absolute atomic E-state index is 0.0654. The van der Waals surface area contributed by atoms with Crippen molar-refractivity contribution < 1.29 is 32.9 Å². The van der Waals surface area contributed by atoms with Crippen LogP contribution < -0.4 is 5.32 Å². The monoisotopic (exact) mass is 1050 g/mol. The Labute approximate surface area is 456 Å². The van der Waals surface area contributed by atoms with Gasteiger partial charge in [-0.2, -0.15) is 0 Å². The molecule has 3 atom stereocenters. The highest BCUT2D eigenvalue weighted by Crippen LogP contribution is 2.43. The molecule has 0 aliphatic carbocycles. The Kier molecular flexibility index (Phi) is 55.4. The lowest BCUT2D eigenvalue weighted by molar-refractivity contribution is -0.870. The number of amides is 1. The lowest BCUT2D eigenvalue weighted by atomic mass is 10.0. The third kappa shape index (κ3) is 58.8. The molecule has 0 saturated carbocycles. The van der Waals surface area contributed by atoms with Crippen molar-refractivity contribution >= 4 is 13.7 Å². The number of carbonyl (C=O) groups is 1. The van der Waals surface area contributed by atoms with Crippen molar-refractivity contribution in [2.24, 2.45) is 0 Å². The second-order valence-corrected chi connectivity index (χ2v) is 25.3. The topological polar surface area (TPSA) is 105 Å². The summed E-state index contributed by atoms with van der Waals surface area (Å²) >= 11 is 0. The van der Waals surface area contributed by atoms with Crippen LogP contribution >= 0.6 is 7.82 Å². The number of carbonyl (C=O) groups excluding carboxylic acids is 1. The normalized spacial score (nSPS) is 13.8. The van der Waals surface area contributed by atoms with E-state index < -0.39 is 20.0 Å². The molecule has 0 fully saturated rings. The summed E-state index contributed by atoms with van der Waals surface area (Å²) < 4.78 is 23.8. The number of nitrogens with zero attached hydrogens (tertiary/aromatic N) is 1. The Balaban J connectivity index is 4.07. The van der Waals surface area contributed by atoms with Gasteiger partial charge in [-0.15, -0.1) is 0 Å². The minimum atomic E-state index is -4.35. The van der Waals surface area contributed by atoms with Gasteiger partial charge >= 0.3 is 7.82 Å². The highest BCUT2D eigenvalue weighted by molar-refractivity contribution is 7.47. The zero-order valence-corrected chi connectivity index (χ0v) is 50.8. The van der Waals surface area contributed by atoms with Crippen LogP contribution in [-0.2, 0) is 18.4 Å². The molecule has 0 rings (SSSR count). The van der Waals surface area contributed by atoms with Crippen LogP contribution in [0.15, 0.2) is 12.2 Å². The maximum Gasteiger partial charge on any atom is 0.472 e. The standard InChI is InChI=1S/C64H129N2O6P/c1-6-8-10-12-14-16-18-20-22-24-26-28-29-30-31-32-33-34-35-36-38-39-41-43-45-47-49-51-53-55-57-63(67)62(61-72-73(69,70)71-60-59-66(3,4)5)65-64(68)58-56-54-52-50-48-46-44-42-40-37-27-25-23-21-19-17-15-13-11-9-7-2/h55,57,62-63,67H,6-54,56,58-61H2,1-5H3,(H-,65,68,69,70)/p+1/b57-55+. The number of hydrogen-bond donors (Lipinski definition) is 3.